The van der Waals surface area contributed by atoms with Gasteiger partial charge in [0.15, 0.2) is 0 Å². The average molecular weight is 425 g/mol. The third-order valence-electron chi connectivity index (χ3n) is 5.45. The van der Waals surface area contributed by atoms with Crippen LogP contribution in [0.1, 0.15) is 15.9 Å². The summed E-state index contributed by atoms with van der Waals surface area (Å²) in [5.41, 5.74) is 1.73. The number of carbonyl (C=O) groups excluding carboxylic acids is 2. The highest BCUT2D eigenvalue weighted by Gasteiger charge is 2.35. The fraction of sp³-hybridized carbons (Fsp3) is 0.417. The number of hydrogen-bond donors (Lipinski definition) is 1. The highest BCUT2D eigenvalue weighted by molar-refractivity contribution is 5.98. The summed E-state index contributed by atoms with van der Waals surface area (Å²) in [4.78, 5) is 32.3. The third-order valence-corrected chi connectivity index (χ3v) is 5.45. The molecular weight excluding hydrogens is 392 g/mol. The van der Waals surface area contributed by atoms with Gasteiger partial charge in [0.25, 0.3) is 5.91 Å². The Morgan fingerprint density at radius 3 is 2.58 bits per heavy atom. The van der Waals surface area contributed by atoms with Crippen molar-refractivity contribution in [2.75, 3.05) is 53.9 Å². The van der Waals surface area contributed by atoms with Gasteiger partial charge in [0.1, 0.15) is 11.8 Å². The molecule has 0 spiro atoms. The first-order valence-electron chi connectivity index (χ1n) is 10.6. The van der Waals surface area contributed by atoms with Gasteiger partial charge in [-0.1, -0.05) is 36.4 Å². The van der Waals surface area contributed by atoms with Gasteiger partial charge in [-0.05, 0) is 37.9 Å². The lowest BCUT2D eigenvalue weighted by Gasteiger charge is -2.40. The molecule has 2 aromatic rings. The van der Waals surface area contributed by atoms with Gasteiger partial charge >= 0.3 is 0 Å². The smallest absolute Gasteiger partial charge is 0.254 e. The number of likely N-dealkylation sites (N-methyl/N-ethyl adjacent to an activating group) is 1. The number of carbonyl (C=O) groups is 2. The topological polar surface area (TPSA) is 65.1 Å². The molecule has 1 aliphatic heterocycles. The van der Waals surface area contributed by atoms with Crippen molar-refractivity contribution in [1.82, 2.24) is 20.0 Å². The van der Waals surface area contributed by atoms with Crippen molar-refractivity contribution in [2.24, 2.45) is 0 Å². The quantitative estimate of drug-likeness (QED) is 0.699. The first-order chi connectivity index (χ1) is 15.0. The minimum absolute atomic E-state index is 0.115. The number of rotatable bonds is 8. The molecule has 7 nitrogen and oxygen atoms in total. The minimum Gasteiger partial charge on any atom is -0.497 e. The molecule has 2 amide bonds. The lowest BCUT2D eigenvalue weighted by molar-refractivity contribution is -0.127. The zero-order chi connectivity index (χ0) is 22.2. The Balaban J connectivity index is 1.75. The molecule has 166 valence electrons. The number of piperazine rings is 1. The van der Waals surface area contributed by atoms with E-state index in [1.54, 1.807) is 36.3 Å². The maximum atomic E-state index is 13.3. The predicted molar refractivity (Wildman–Crippen MR) is 121 cm³/mol. The molecular formula is C24H32N4O3. The van der Waals surface area contributed by atoms with Gasteiger partial charge in [0.2, 0.25) is 5.91 Å². The molecule has 1 aliphatic rings. The highest BCUT2D eigenvalue weighted by atomic mass is 16.5. The standard InChI is InChI=1S/C24H32N4O3/c1-26(2)13-12-25-23(29)22-18-27(17-19-8-5-4-6-9-19)14-15-28(22)24(30)20-10-7-11-21(16-20)31-3/h4-11,16,22H,12-15,17-18H2,1-3H3,(H,25,29). The van der Waals surface area contributed by atoms with E-state index in [1.165, 1.54) is 5.56 Å². The highest BCUT2D eigenvalue weighted by Crippen LogP contribution is 2.19. The summed E-state index contributed by atoms with van der Waals surface area (Å²) in [7, 11) is 5.51. The molecule has 1 unspecified atom stereocenters. The molecule has 1 atom stereocenters. The number of methoxy groups -OCH3 is 1. The Kier molecular flexibility index (Phi) is 8.03. The zero-order valence-electron chi connectivity index (χ0n) is 18.6. The average Bonchev–Trinajstić information content (AvgIpc) is 2.79. The summed E-state index contributed by atoms with van der Waals surface area (Å²) < 4.78 is 5.26. The van der Waals surface area contributed by atoms with Crippen LogP contribution in [0.25, 0.3) is 0 Å². The number of amides is 2. The molecule has 0 aliphatic carbocycles. The summed E-state index contributed by atoms with van der Waals surface area (Å²) in [6.45, 7) is 3.75. The van der Waals surface area contributed by atoms with Crippen LogP contribution < -0.4 is 10.1 Å². The van der Waals surface area contributed by atoms with Crippen molar-refractivity contribution >= 4 is 11.8 Å². The second kappa shape index (κ2) is 10.9. The Morgan fingerprint density at radius 2 is 1.87 bits per heavy atom. The minimum atomic E-state index is -0.543. The molecule has 0 aromatic heterocycles. The van der Waals surface area contributed by atoms with Crippen LogP contribution in [0.4, 0.5) is 0 Å². The van der Waals surface area contributed by atoms with Gasteiger partial charge in [-0.3, -0.25) is 14.5 Å². The van der Waals surface area contributed by atoms with Crippen molar-refractivity contribution in [3.05, 3.63) is 65.7 Å². The normalized spacial score (nSPS) is 16.9. The van der Waals surface area contributed by atoms with Crippen LogP contribution in [0.5, 0.6) is 5.75 Å². The monoisotopic (exact) mass is 424 g/mol. The first-order valence-corrected chi connectivity index (χ1v) is 10.6. The molecule has 7 heteroatoms. The third kappa shape index (κ3) is 6.29. The van der Waals surface area contributed by atoms with Crippen molar-refractivity contribution in [2.45, 2.75) is 12.6 Å². The van der Waals surface area contributed by atoms with E-state index >= 15 is 0 Å². The number of nitrogens with zero attached hydrogens (tertiary/aromatic N) is 3. The van der Waals surface area contributed by atoms with E-state index in [9.17, 15) is 9.59 Å². The molecule has 0 saturated carbocycles. The number of benzene rings is 2. The molecule has 0 bridgehead atoms. The van der Waals surface area contributed by atoms with E-state index in [4.69, 9.17) is 4.74 Å². The molecule has 1 heterocycles. The van der Waals surface area contributed by atoms with E-state index in [-0.39, 0.29) is 11.8 Å². The molecule has 1 fully saturated rings. The van der Waals surface area contributed by atoms with Gasteiger partial charge in [-0.15, -0.1) is 0 Å². The first kappa shape index (κ1) is 22.8. The Morgan fingerprint density at radius 1 is 1.10 bits per heavy atom. The van der Waals surface area contributed by atoms with Crippen LogP contribution in [-0.4, -0.2) is 86.5 Å². The molecule has 2 aromatic carbocycles. The lowest BCUT2D eigenvalue weighted by atomic mass is 10.1. The second-order valence-electron chi connectivity index (χ2n) is 8.06. The number of nitrogens with one attached hydrogen (secondary N) is 1. The molecule has 0 radical (unpaired) electrons. The fourth-order valence-corrected chi connectivity index (χ4v) is 3.73. The van der Waals surface area contributed by atoms with Crippen LogP contribution >= 0.6 is 0 Å². The van der Waals surface area contributed by atoms with Gasteiger partial charge in [0.05, 0.1) is 7.11 Å². The zero-order valence-corrected chi connectivity index (χ0v) is 18.6. The van der Waals surface area contributed by atoms with E-state index in [0.29, 0.717) is 37.5 Å². The fourth-order valence-electron chi connectivity index (χ4n) is 3.73. The van der Waals surface area contributed by atoms with Crippen LogP contribution in [-0.2, 0) is 11.3 Å². The van der Waals surface area contributed by atoms with E-state index < -0.39 is 6.04 Å². The lowest BCUT2D eigenvalue weighted by Crippen LogP contribution is -2.60. The van der Waals surface area contributed by atoms with Crippen LogP contribution in [0.15, 0.2) is 54.6 Å². The SMILES string of the molecule is COc1cccc(C(=O)N2CCN(Cc3ccccc3)CC2C(=O)NCCN(C)C)c1. The van der Waals surface area contributed by atoms with Gasteiger partial charge in [0, 0.05) is 44.8 Å². The summed E-state index contributed by atoms with van der Waals surface area (Å²) in [6, 6.07) is 16.7. The van der Waals surface area contributed by atoms with Crippen LogP contribution in [0.3, 0.4) is 0 Å². The largest absolute Gasteiger partial charge is 0.497 e. The van der Waals surface area contributed by atoms with Crippen molar-refractivity contribution in [1.29, 1.82) is 0 Å². The van der Waals surface area contributed by atoms with Crippen LogP contribution in [0.2, 0.25) is 0 Å². The maximum absolute atomic E-state index is 13.3. The Hall–Kier alpha value is -2.90. The van der Waals surface area contributed by atoms with E-state index in [2.05, 4.69) is 22.3 Å². The summed E-state index contributed by atoms with van der Waals surface area (Å²) in [5.74, 6) is 0.363. The van der Waals surface area contributed by atoms with Crippen molar-refractivity contribution < 1.29 is 14.3 Å². The predicted octanol–water partition coefficient (Wildman–Crippen LogP) is 1.70. The molecule has 31 heavy (non-hydrogen) atoms. The van der Waals surface area contributed by atoms with E-state index in [0.717, 1.165) is 13.1 Å². The summed E-state index contributed by atoms with van der Waals surface area (Å²) in [5, 5.41) is 3.00. The van der Waals surface area contributed by atoms with E-state index in [1.807, 2.05) is 37.2 Å². The van der Waals surface area contributed by atoms with Gasteiger partial charge in [-0.25, -0.2) is 0 Å². The van der Waals surface area contributed by atoms with Gasteiger partial charge in [-0.2, -0.15) is 0 Å². The van der Waals surface area contributed by atoms with Gasteiger partial charge < -0.3 is 19.9 Å². The maximum Gasteiger partial charge on any atom is 0.254 e. The molecule has 3 rings (SSSR count). The Labute approximate surface area is 184 Å². The number of hydrogen-bond acceptors (Lipinski definition) is 5. The summed E-state index contributed by atoms with van der Waals surface area (Å²) in [6.07, 6.45) is 0. The van der Waals surface area contributed by atoms with Crippen LogP contribution in [0, 0.1) is 0 Å². The molecule has 1 saturated heterocycles. The second-order valence-corrected chi connectivity index (χ2v) is 8.06. The molecule has 1 N–H and O–H groups in total. The van der Waals surface area contributed by atoms with Crippen molar-refractivity contribution in [3.8, 4) is 5.75 Å². The van der Waals surface area contributed by atoms with Crippen molar-refractivity contribution in [3.63, 3.8) is 0 Å². The summed E-state index contributed by atoms with van der Waals surface area (Å²) >= 11 is 0. The number of ether oxygens (including phenoxy) is 1. The Bertz CT molecular complexity index is 872.